The smallest absolute Gasteiger partial charge is 0.237 e. The van der Waals surface area contributed by atoms with Gasteiger partial charge in [0.2, 0.25) is 5.91 Å². The first-order valence-electron chi connectivity index (χ1n) is 6.84. The first-order valence-corrected chi connectivity index (χ1v) is 7.89. The minimum Gasteiger partial charge on any atom is -0.545 e. The molecule has 5 heteroatoms. The molecule has 2 aromatic rings. The summed E-state index contributed by atoms with van der Waals surface area (Å²) >= 11 is 1.50. The van der Waals surface area contributed by atoms with Gasteiger partial charge in [-0.1, -0.05) is 48.5 Å². The van der Waals surface area contributed by atoms with Crippen LogP contribution in [0.3, 0.4) is 0 Å². The van der Waals surface area contributed by atoms with Crippen LogP contribution in [0.15, 0.2) is 54.6 Å². The summed E-state index contributed by atoms with van der Waals surface area (Å²) in [6, 6.07) is 16.1. The van der Waals surface area contributed by atoms with Gasteiger partial charge >= 0.3 is 0 Å². The Kier molecular flexibility index (Phi) is 5.61. The number of benzene rings is 2. The fourth-order valence-electron chi connectivity index (χ4n) is 1.88. The van der Waals surface area contributed by atoms with Crippen LogP contribution in [0.2, 0.25) is 0 Å². The molecule has 22 heavy (non-hydrogen) atoms. The van der Waals surface area contributed by atoms with E-state index in [0.29, 0.717) is 0 Å². The minimum absolute atomic E-state index is 0.0175. The fraction of sp³-hybridized carbons (Fsp3) is 0.176. The SMILES string of the molecule is C[C@@H](SCc1ccccc1)C(=O)Nc1ccccc1C(=O)[O-]. The second-order valence-corrected chi connectivity index (χ2v) is 6.09. The van der Waals surface area contributed by atoms with E-state index < -0.39 is 5.97 Å². The molecule has 2 aromatic carbocycles. The number of carbonyl (C=O) groups excluding carboxylic acids is 2. The first-order chi connectivity index (χ1) is 10.6. The molecule has 4 nitrogen and oxygen atoms in total. The Hall–Kier alpha value is -2.27. The molecule has 0 aliphatic rings. The van der Waals surface area contributed by atoms with Crippen LogP contribution in [0.1, 0.15) is 22.8 Å². The number of hydrogen-bond donors (Lipinski definition) is 1. The largest absolute Gasteiger partial charge is 0.545 e. The van der Waals surface area contributed by atoms with E-state index in [1.54, 1.807) is 25.1 Å². The van der Waals surface area contributed by atoms with Crippen molar-refractivity contribution < 1.29 is 14.7 Å². The van der Waals surface area contributed by atoms with Crippen molar-refractivity contribution >= 4 is 29.3 Å². The van der Waals surface area contributed by atoms with Gasteiger partial charge in [0.15, 0.2) is 0 Å². The number of anilines is 1. The van der Waals surface area contributed by atoms with E-state index >= 15 is 0 Å². The van der Waals surface area contributed by atoms with Gasteiger partial charge in [0.05, 0.1) is 11.2 Å². The molecule has 114 valence electrons. The lowest BCUT2D eigenvalue weighted by molar-refractivity contribution is -0.254. The van der Waals surface area contributed by atoms with Gasteiger partial charge in [0, 0.05) is 17.0 Å². The van der Waals surface area contributed by atoms with Crippen molar-refractivity contribution in [3.8, 4) is 0 Å². The Labute approximate surface area is 133 Å². The van der Waals surface area contributed by atoms with E-state index in [-0.39, 0.29) is 22.4 Å². The normalized spacial score (nSPS) is 11.7. The summed E-state index contributed by atoms with van der Waals surface area (Å²) in [4.78, 5) is 23.2. The van der Waals surface area contributed by atoms with E-state index in [9.17, 15) is 14.7 Å². The Morgan fingerprint density at radius 1 is 1.09 bits per heavy atom. The molecule has 0 fully saturated rings. The summed E-state index contributed by atoms with van der Waals surface area (Å²) in [6.07, 6.45) is 0. The van der Waals surface area contributed by atoms with Crippen molar-refractivity contribution in [2.45, 2.75) is 17.9 Å². The molecule has 0 radical (unpaired) electrons. The van der Waals surface area contributed by atoms with Crippen LogP contribution >= 0.6 is 11.8 Å². The lowest BCUT2D eigenvalue weighted by Crippen LogP contribution is -2.27. The number of hydrogen-bond acceptors (Lipinski definition) is 4. The second kappa shape index (κ2) is 7.66. The number of carboxylic acids is 1. The summed E-state index contributed by atoms with van der Waals surface area (Å²) in [5.41, 5.74) is 1.39. The molecule has 0 heterocycles. The molecule has 0 spiro atoms. The zero-order valence-corrected chi connectivity index (χ0v) is 12.9. The fourth-order valence-corrected chi connectivity index (χ4v) is 2.72. The van der Waals surface area contributed by atoms with Crippen LogP contribution in [0, 0.1) is 0 Å². The third-order valence-electron chi connectivity index (χ3n) is 3.12. The molecular weight excluding hydrogens is 298 g/mol. The van der Waals surface area contributed by atoms with E-state index in [4.69, 9.17) is 0 Å². The number of para-hydroxylation sites is 1. The van der Waals surface area contributed by atoms with Crippen LogP contribution in [0.4, 0.5) is 5.69 Å². The Morgan fingerprint density at radius 3 is 2.41 bits per heavy atom. The van der Waals surface area contributed by atoms with Crippen LogP contribution in [0.25, 0.3) is 0 Å². The van der Waals surface area contributed by atoms with Crippen molar-refractivity contribution in [1.82, 2.24) is 0 Å². The number of thioether (sulfide) groups is 1. The van der Waals surface area contributed by atoms with Gasteiger partial charge in [-0.3, -0.25) is 4.79 Å². The third-order valence-corrected chi connectivity index (χ3v) is 4.33. The lowest BCUT2D eigenvalue weighted by atomic mass is 10.2. The average Bonchev–Trinajstić information content (AvgIpc) is 2.53. The highest BCUT2D eigenvalue weighted by Crippen LogP contribution is 2.20. The van der Waals surface area contributed by atoms with Crippen LogP contribution in [-0.2, 0) is 10.5 Å². The van der Waals surface area contributed by atoms with Crippen molar-refractivity contribution in [3.05, 3.63) is 65.7 Å². The van der Waals surface area contributed by atoms with E-state index in [0.717, 1.165) is 11.3 Å². The van der Waals surface area contributed by atoms with Gasteiger partial charge in [-0.15, -0.1) is 11.8 Å². The first kappa shape index (κ1) is 16.1. The van der Waals surface area contributed by atoms with E-state index in [1.807, 2.05) is 30.3 Å². The Bertz CT molecular complexity index is 658. The van der Waals surface area contributed by atoms with Gasteiger partial charge in [0.1, 0.15) is 0 Å². The van der Waals surface area contributed by atoms with Gasteiger partial charge in [0.25, 0.3) is 0 Å². The highest BCUT2D eigenvalue weighted by atomic mass is 32.2. The monoisotopic (exact) mass is 314 g/mol. The number of amides is 1. The van der Waals surface area contributed by atoms with Crippen LogP contribution in [-0.4, -0.2) is 17.1 Å². The zero-order chi connectivity index (χ0) is 15.9. The summed E-state index contributed by atoms with van der Waals surface area (Å²) < 4.78 is 0. The number of rotatable bonds is 6. The van der Waals surface area contributed by atoms with Gasteiger partial charge < -0.3 is 15.2 Å². The predicted molar refractivity (Wildman–Crippen MR) is 86.6 cm³/mol. The number of carboxylic acid groups (broad SMARTS) is 1. The average molecular weight is 314 g/mol. The molecule has 0 saturated heterocycles. The maximum atomic E-state index is 12.2. The highest BCUT2D eigenvalue weighted by molar-refractivity contribution is 7.99. The third kappa shape index (κ3) is 4.36. The summed E-state index contributed by atoms with van der Waals surface area (Å²) in [5, 5.41) is 13.4. The molecule has 0 bridgehead atoms. The maximum Gasteiger partial charge on any atom is 0.237 e. The van der Waals surface area contributed by atoms with Gasteiger partial charge in [-0.05, 0) is 18.6 Å². The lowest BCUT2D eigenvalue weighted by Gasteiger charge is -2.15. The predicted octanol–water partition coefficient (Wildman–Crippen LogP) is 2.31. The molecule has 0 aliphatic heterocycles. The molecule has 0 aromatic heterocycles. The molecule has 1 atom stereocenters. The molecule has 2 rings (SSSR count). The minimum atomic E-state index is -1.31. The molecule has 0 aliphatic carbocycles. The molecular formula is C17H16NO3S-. The summed E-state index contributed by atoms with van der Waals surface area (Å²) in [6.45, 7) is 1.80. The van der Waals surface area contributed by atoms with Crippen molar-refractivity contribution in [3.63, 3.8) is 0 Å². The van der Waals surface area contributed by atoms with Crippen LogP contribution < -0.4 is 10.4 Å². The van der Waals surface area contributed by atoms with E-state index in [2.05, 4.69) is 5.32 Å². The standard InChI is InChI=1S/C17H17NO3S/c1-12(22-11-13-7-3-2-4-8-13)16(19)18-15-10-6-5-9-14(15)17(20)21/h2-10,12H,11H2,1H3,(H,18,19)(H,20,21)/p-1/t12-/m1/s1. The Balaban J connectivity index is 1.96. The number of aromatic carboxylic acids is 1. The maximum absolute atomic E-state index is 12.2. The molecule has 0 unspecified atom stereocenters. The zero-order valence-electron chi connectivity index (χ0n) is 12.1. The highest BCUT2D eigenvalue weighted by Gasteiger charge is 2.15. The van der Waals surface area contributed by atoms with Crippen molar-refractivity contribution in [2.75, 3.05) is 5.32 Å². The topological polar surface area (TPSA) is 69.2 Å². The quantitative estimate of drug-likeness (QED) is 0.888. The molecule has 1 amide bonds. The van der Waals surface area contributed by atoms with E-state index in [1.165, 1.54) is 17.8 Å². The van der Waals surface area contributed by atoms with Gasteiger partial charge in [-0.2, -0.15) is 0 Å². The number of nitrogens with one attached hydrogen (secondary N) is 1. The van der Waals surface area contributed by atoms with Crippen molar-refractivity contribution in [1.29, 1.82) is 0 Å². The summed E-state index contributed by atoms with van der Waals surface area (Å²) in [7, 11) is 0. The molecule has 0 saturated carbocycles. The van der Waals surface area contributed by atoms with Crippen LogP contribution in [0.5, 0.6) is 0 Å². The van der Waals surface area contributed by atoms with Gasteiger partial charge in [-0.25, -0.2) is 0 Å². The molecule has 1 N–H and O–H groups in total. The Morgan fingerprint density at radius 2 is 1.73 bits per heavy atom. The second-order valence-electron chi connectivity index (χ2n) is 4.76. The summed E-state index contributed by atoms with van der Waals surface area (Å²) in [5.74, 6) is -0.812. The van der Waals surface area contributed by atoms with Crippen molar-refractivity contribution in [2.24, 2.45) is 0 Å². The number of carbonyl (C=O) groups is 2.